The van der Waals surface area contributed by atoms with Crippen LogP contribution in [0.4, 0.5) is 5.69 Å². The van der Waals surface area contributed by atoms with E-state index in [2.05, 4.69) is 31.1 Å². The highest BCUT2D eigenvalue weighted by Gasteiger charge is 2.28. The molecule has 1 heterocycles. The molecule has 154 valence electrons. The van der Waals surface area contributed by atoms with Crippen molar-refractivity contribution >= 4 is 34.3 Å². The van der Waals surface area contributed by atoms with Crippen LogP contribution in [0.5, 0.6) is 0 Å². The van der Waals surface area contributed by atoms with Crippen LogP contribution in [-0.2, 0) is 4.79 Å². The third-order valence-corrected chi connectivity index (χ3v) is 6.26. The normalized spacial score (nSPS) is 11.7. The Balaban J connectivity index is 1.92. The van der Waals surface area contributed by atoms with E-state index in [4.69, 9.17) is 0 Å². The number of carbonyl (C=O) groups is 1. The van der Waals surface area contributed by atoms with Gasteiger partial charge in [0.2, 0.25) is 5.91 Å². The molecular weight excluding hydrogens is 364 g/mol. The average molecular weight is 401 g/mol. The number of carbonyl (C=O) groups excluding carboxylic acids is 1. The molecule has 0 aliphatic carbocycles. The summed E-state index contributed by atoms with van der Waals surface area (Å²) in [6, 6.07) is 8.01. The third-order valence-electron chi connectivity index (χ3n) is 5.48. The first kappa shape index (κ1) is 22.7. The maximum Gasteiger partial charge on any atom is 0.230 e. The number of unbranched alkanes of at least 4 members (excludes halogenated alkanes) is 7. The Hall–Kier alpha value is -1.55. The van der Waals surface area contributed by atoms with Gasteiger partial charge in [-0.15, -0.1) is 11.8 Å². The van der Waals surface area contributed by atoms with Crippen molar-refractivity contribution < 1.29 is 4.79 Å². The number of nitrogens with zero attached hydrogens (tertiary/aromatic N) is 1. The van der Waals surface area contributed by atoms with Crippen LogP contribution in [-0.4, -0.2) is 17.1 Å². The lowest BCUT2D eigenvalue weighted by Gasteiger charge is -2.25. The average Bonchev–Trinajstić information content (AvgIpc) is 2.70. The number of thioether (sulfide) groups is 1. The Morgan fingerprint density at radius 1 is 1.04 bits per heavy atom. The molecule has 0 aliphatic heterocycles. The molecule has 1 amide bonds. The van der Waals surface area contributed by atoms with Crippen molar-refractivity contribution in [3.05, 3.63) is 30.5 Å². The number of amides is 1. The molecule has 1 aromatic heterocycles. The number of hydrogen-bond donors (Lipinski definition) is 1. The molecule has 0 saturated carbocycles. The zero-order valence-electron chi connectivity index (χ0n) is 18.0. The molecule has 0 aliphatic rings. The van der Waals surface area contributed by atoms with Crippen LogP contribution in [0.25, 0.3) is 10.9 Å². The van der Waals surface area contributed by atoms with E-state index in [-0.39, 0.29) is 11.3 Å². The lowest BCUT2D eigenvalue weighted by atomic mass is 9.85. The summed E-state index contributed by atoms with van der Waals surface area (Å²) in [4.78, 5) is 18.5. The molecule has 0 atom stereocenters. The Bertz CT molecular complexity index is 757. The van der Waals surface area contributed by atoms with Gasteiger partial charge in [-0.05, 0) is 36.9 Å². The lowest BCUT2D eigenvalue weighted by molar-refractivity contribution is -0.124. The van der Waals surface area contributed by atoms with Gasteiger partial charge in [0.25, 0.3) is 0 Å². The number of anilines is 1. The number of fused-ring (bicyclic) bond motifs is 1. The fourth-order valence-corrected chi connectivity index (χ4v) is 4.10. The fourth-order valence-electron chi connectivity index (χ4n) is 3.53. The molecule has 0 spiro atoms. The summed E-state index contributed by atoms with van der Waals surface area (Å²) in [5.41, 5.74) is 1.44. The van der Waals surface area contributed by atoms with Gasteiger partial charge in [0.1, 0.15) is 0 Å². The number of aromatic nitrogens is 1. The minimum absolute atomic E-state index is 0.0992. The SMILES string of the molecule is CCCCCCCCCCC(C)(C)C(=O)Nc1c(SC)ccc2ncccc12. The van der Waals surface area contributed by atoms with Gasteiger partial charge in [0, 0.05) is 21.9 Å². The number of hydrogen-bond acceptors (Lipinski definition) is 3. The second kappa shape index (κ2) is 11.5. The van der Waals surface area contributed by atoms with Gasteiger partial charge in [-0.3, -0.25) is 9.78 Å². The van der Waals surface area contributed by atoms with Crippen molar-refractivity contribution in [1.82, 2.24) is 4.98 Å². The molecule has 0 saturated heterocycles. The minimum atomic E-state index is -0.373. The summed E-state index contributed by atoms with van der Waals surface area (Å²) in [6.07, 6.45) is 15.1. The molecular formula is C24H36N2OS. The molecule has 0 unspecified atom stereocenters. The first-order valence-electron chi connectivity index (χ1n) is 10.7. The second-order valence-electron chi connectivity index (χ2n) is 8.28. The van der Waals surface area contributed by atoms with Gasteiger partial charge in [0.15, 0.2) is 0 Å². The van der Waals surface area contributed by atoms with E-state index in [1.54, 1.807) is 18.0 Å². The summed E-state index contributed by atoms with van der Waals surface area (Å²) < 4.78 is 0. The molecule has 4 heteroatoms. The molecule has 0 bridgehead atoms. The van der Waals surface area contributed by atoms with Gasteiger partial charge in [-0.25, -0.2) is 0 Å². The fraction of sp³-hybridized carbons (Fsp3) is 0.583. The van der Waals surface area contributed by atoms with Crippen LogP contribution in [0.15, 0.2) is 35.4 Å². The molecule has 0 fully saturated rings. The van der Waals surface area contributed by atoms with Crippen molar-refractivity contribution in [2.45, 2.75) is 83.5 Å². The Kier molecular flexibility index (Phi) is 9.30. The predicted molar refractivity (Wildman–Crippen MR) is 123 cm³/mol. The van der Waals surface area contributed by atoms with E-state index in [1.807, 2.05) is 30.5 Å². The van der Waals surface area contributed by atoms with Gasteiger partial charge in [-0.2, -0.15) is 0 Å². The Labute approximate surface area is 175 Å². The van der Waals surface area contributed by atoms with E-state index >= 15 is 0 Å². The molecule has 3 nitrogen and oxygen atoms in total. The smallest absolute Gasteiger partial charge is 0.230 e. The number of nitrogens with one attached hydrogen (secondary N) is 1. The zero-order chi connectivity index (χ0) is 20.4. The summed E-state index contributed by atoms with van der Waals surface area (Å²) in [7, 11) is 0. The molecule has 0 radical (unpaired) electrons. The van der Waals surface area contributed by atoms with Crippen molar-refractivity contribution in [2.75, 3.05) is 11.6 Å². The summed E-state index contributed by atoms with van der Waals surface area (Å²) >= 11 is 1.65. The van der Waals surface area contributed by atoms with Crippen LogP contribution < -0.4 is 5.32 Å². The van der Waals surface area contributed by atoms with Gasteiger partial charge >= 0.3 is 0 Å². The van der Waals surface area contributed by atoms with E-state index in [9.17, 15) is 4.79 Å². The van der Waals surface area contributed by atoms with Crippen molar-refractivity contribution in [3.63, 3.8) is 0 Å². The largest absolute Gasteiger partial charge is 0.324 e. The highest BCUT2D eigenvalue weighted by molar-refractivity contribution is 7.98. The molecule has 1 aromatic carbocycles. The van der Waals surface area contributed by atoms with Crippen LogP contribution in [0.1, 0.15) is 78.6 Å². The van der Waals surface area contributed by atoms with Crippen LogP contribution >= 0.6 is 11.8 Å². The monoisotopic (exact) mass is 400 g/mol. The van der Waals surface area contributed by atoms with Crippen LogP contribution in [0.2, 0.25) is 0 Å². The van der Waals surface area contributed by atoms with Gasteiger partial charge in [0.05, 0.1) is 11.2 Å². The number of pyridine rings is 1. The molecule has 2 rings (SSSR count). The number of rotatable bonds is 12. The summed E-state index contributed by atoms with van der Waals surface area (Å²) in [5, 5.41) is 4.23. The third kappa shape index (κ3) is 6.51. The first-order chi connectivity index (χ1) is 13.5. The summed E-state index contributed by atoms with van der Waals surface area (Å²) in [5.74, 6) is 0.0992. The standard InChI is InChI=1S/C24H36N2OS/c1-5-6-7-8-9-10-11-12-17-24(2,3)23(27)26-22-19-14-13-18-25-20(19)15-16-21(22)28-4/h13-16,18H,5-12,17H2,1-4H3,(H,26,27). The van der Waals surface area contributed by atoms with Gasteiger partial charge < -0.3 is 5.32 Å². The van der Waals surface area contributed by atoms with Crippen molar-refractivity contribution in [1.29, 1.82) is 0 Å². The van der Waals surface area contributed by atoms with E-state index in [0.29, 0.717) is 0 Å². The molecule has 28 heavy (non-hydrogen) atoms. The topological polar surface area (TPSA) is 42.0 Å². The lowest BCUT2D eigenvalue weighted by Crippen LogP contribution is -2.31. The predicted octanol–water partition coefficient (Wildman–Crippen LogP) is 7.45. The molecule has 1 N–H and O–H groups in total. The zero-order valence-corrected chi connectivity index (χ0v) is 18.8. The Morgan fingerprint density at radius 3 is 2.39 bits per heavy atom. The van der Waals surface area contributed by atoms with Crippen LogP contribution in [0.3, 0.4) is 0 Å². The maximum atomic E-state index is 13.0. The molecule has 2 aromatic rings. The van der Waals surface area contributed by atoms with Gasteiger partial charge in [-0.1, -0.05) is 72.1 Å². The van der Waals surface area contributed by atoms with Crippen molar-refractivity contribution in [3.8, 4) is 0 Å². The maximum absolute atomic E-state index is 13.0. The highest BCUT2D eigenvalue weighted by atomic mass is 32.2. The number of benzene rings is 1. The quantitative estimate of drug-likeness (QED) is 0.297. The van der Waals surface area contributed by atoms with Crippen LogP contribution in [0, 0.1) is 5.41 Å². The Morgan fingerprint density at radius 2 is 1.71 bits per heavy atom. The first-order valence-corrected chi connectivity index (χ1v) is 11.9. The van der Waals surface area contributed by atoms with Crippen molar-refractivity contribution in [2.24, 2.45) is 5.41 Å². The van der Waals surface area contributed by atoms with E-state index in [1.165, 1.54) is 44.9 Å². The van der Waals surface area contributed by atoms with E-state index in [0.717, 1.165) is 34.3 Å². The van der Waals surface area contributed by atoms with E-state index < -0.39 is 0 Å². The second-order valence-corrected chi connectivity index (χ2v) is 9.12. The summed E-state index contributed by atoms with van der Waals surface area (Å²) in [6.45, 7) is 6.38. The highest BCUT2D eigenvalue weighted by Crippen LogP contribution is 2.34. The minimum Gasteiger partial charge on any atom is -0.324 e.